The third-order valence-corrected chi connectivity index (χ3v) is 7.26. The van der Waals surface area contributed by atoms with Gasteiger partial charge in [-0.15, -0.1) is 0 Å². The average Bonchev–Trinajstić information content (AvgIpc) is 2.90. The minimum Gasteiger partial charge on any atom is -0.468 e. The number of rotatable bonds is 11. The van der Waals surface area contributed by atoms with Crippen molar-refractivity contribution in [3.05, 3.63) is 64.7 Å². The Morgan fingerprint density at radius 3 is 2.36 bits per heavy atom. The van der Waals surface area contributed by atoms with Gasteiger partial charge in [-0.2, -0.15) is 11.8 Å². The van der Waals surface area contributed by atoms with Gasteiger partial charge < -0.3 is 20.7 Å². The fourth-order valence-electron chi connectivity index (χ4n) is 3.83. The molecule has 2 aromatic rings. The first-order chi connectivity index (χ1) is 17.4. The molecule has 36 heavy (non-hydrogen) atoms. The van der Waals surface area contributed by atoms with Gasteiger partial charge in [0.25, 0.3) is 5.91 Å². The smallest absolute Gasteiger partial charge is 0.322 e. The van der Waals surface area contributed by atoms with E-state index in [9.17, 15) is 14.4 Å². The summed E-state index contributed by atoms with van der Waals surface area (Å²) in [5.41, 5.74) is 8.18. The van der Waals surface area contributed by atoms with Crippen molar-refractivity contribution in [2.45, 2.75) is 18.9 Å². The summed E-state index contributed by atoms with van der Waals surface area (Å²) in [7, 11) is 1.30. The van der Waals surface area contributed by atoms with Gasteiger partial charge in [-0.25, -0.2) is 0 Å². The highest BCUT2D eigenvalue weighted by molar-refractivity contribution is 7.99. The number of hydrogen-bond acceptors (Lipinski definition) is 7. The van der Waals surface area contributed by atoms with Crippen molar-refractivity contribution in [1.29, 1.82) is 0 Å². The molecule has 0 radical (unpaired) electrons. The van der Waals surface area contributed by atoms with Crippen molar-refractivity contribution in [2.75, 3.05) is 56.7 Å². The molecule has 2 aromatic carbocycles. The third-order valence-electron chi connectivity index (χ3n) is 6.02. The Bertz CT molecular complexity index is 1010. The number of nitrogens with two attached hydrogens (primary N) is 1. The zero-order valence-electron chi connectivity index (χ0n) is 20.5. The van der Waals surface area contributed by atoms with E-state index in [-0.39, 0.29) is 17.6 Å². The van der Waals surface area contributed by atoms with Crippen LogP contribution in [0.5, 0.6) is 0 Å². The third kappa shape index (κ3) is 8.81. The second-order valence-corrected chi connectivity index (χ2v) is 10.1. The van der Waals surface area contributed by atoms with Gasteiger partial charge in [-0.3, -0.25) is 19.3 Å². The van der Waals surface area contributed by atoms with Gasteiger partial charge >= 0.3 is 5.97 Å². The summed E-state index contributed by atoms with van der Waals surface area (Å²) in [4.78, 5) is 40.6. The number of carbonyl (C=O) groups is 3. The number of esters is 1. The molecular formula is C26H33ClN4O4S. The van der Waals surface area contributed by atoms with E-state index in [1.165, 1.54) is 24.4 Å². The van der Waals surface area contributed by atoms with E-state index in [0.717, 1.165) is 31.1 Å². The normalized spacial score (nSPS) is 14.8. The lowest BCUT2D eigenvalue weighted by Crippen LogP contribution is -2.49. The highest BCUT2D eigenvalue weighted by atomic mass is 35.5. The molecule has 1 heterocycles. The SMILES string of the molecule is COC(=O)C(N)CCSCC(=O)Nc1ccc(C(=O)N2CCN(CCc3ccc(Cl)cc3)CC2)cc1. The minimum atomic E-state index is -0.673. The maximum absolute atomic E-state index is 12.9. The van der Waals surface area contributed by atoms with Crippen molar-refractivity contribution in [2.24, 2.45) is 5.73 Å². The predicted octanol–water partition coefficient (Wildman–Crippen LogP) is 2.90. The number of halogens is 1. The Balaban J connectivity index is 1.36. The molecule has 0 bridgehead atoms. The summed E-state index contributed by atoms with van der Waals surface area (Å²) < 4.78 is 4.58. The molecule has 1 atom stereocenters. The highest BCUT2D eigenvalue weighted by Gasteiger charge is 2.22. The van der Waals surface area contributed by atoms with E-state index in [4.69, 9.17) is 17.3 Å². The summed E-state index contributed by atoms with van der Waals surface area (Å²) in [5.74, 6) is 0.219. The lowest BCUT2D eigenvalue weighted by Gasteiger charge is -2.34. The molecule has 3 rings (SSSR count). The lowest BCUT2D eigenvalue weighted by molar-refractivity contribution is -0.142. The molecule has 194 valence electrons. The number of methoxy groups -OCH3 is 1. The van der Waals surface area contributed by atoms with E-state index in [1.54, 1.807) is 24.3 Å². The fraction of sp³-hybridized carbons (Fsp3) is 0.423. The Kier molecular flexibility index (Phi) is 11.1. The first-order valence-corrected chi connectivity index (χ1v) is 13.5. The Hall–Kier alpha value is -2.59. The van der Waals surface area contributed by atoms with Crippen LogP contribution in [0.15, 0.2) is 48.5 Å². The molecule has 0 saturated carbocycles. The number of thioether (sulfide) groups is 1. The molecule has 0 spiro atoms. The number of benzene rings is 2. The van der Waals surface area contributed by atoms with E-state index >= 15 is 0 Å². The predicted molar refractivity (Wildman–Crippen MR) is 145 cm³/mol. The number of carbonyl (C=O) groups excluding carboxylic acids is 3. The average molecular weight is 533 g/mol. The Morgan fingerprint density at radius 1 is 1.06 bits per heavy atom. The lowest BCUT2D eigenvalue weighted by atomic mass is 10.1. The molecule has 10 heteroatoms. The number of nitrogens with one attached hydrogen (secondary N) is 1. The van der Waals surface area contributed by atoms with Gasteiger partial charge in [-0.05, 0) is 60.6 Å². The summed E-state index contributed by atoms with van der Waals surface area (Å²) >= 11 is 7.35. The van der Waals surface area contributed by atoms with Crippen LogP contribution in [0.1, 0.15) is 22.3 Å². The van der Waals surface area contributed by atoms with Crippen molar-refractivity contribution in [1.82, 2.24) is 9.80 Å². The van der Waals surface area contributed by atoms with Crippen molar-refractivity contribution < 1.29 is 19.1 Å². The van der Waals surface area contributed by atoms with E-state index in [0.29, 0.717) is 36.5 Å². The second-order valence-electron chi connectivity index (χ2n) is 8.61. The van der Waals surface area contributed by atoms with Crippen molar-refractivity contribution >= 4 is 46.8 Å². The van der Waals surface area contributed by atoms with Gasteiger partial charge in [0.15, 0.2) is 0 Å². The van der Waals surface area contributed by atoms with Gasteiger partial charge in [0.1, 0.15) is 6.04 Å². The van der Waals surface area contributed by atoms with Crippen LogP contribution in [0.2, 0.25) is 5.02 Å². The quantitative estimate of drug-likeness (QED) is 0.338. The fourth-order valence-corrected chi connectivity index (χ4v) is 4.78. The van der Waals surface area contributed by atoms with Crippen molar-refractivity contribution in [3.63, 3.8) is 0 Å². The molecule has 3 N–H and O–H groups in total. The number of amides is 2. The molecule has 1 unspecified atom stereocenters. The molecule has 1 aliphatic heterocycles. The zero-order valence-corrected chi connectivity index (χ0v) is 22.0. The van der Waals surface area contributed by atoms with E-state index < -0.39 is 12.0 Å². The summed E-state index contributed by atoms with van der Waals surface area (Å²) in [5, 5.41) is 3.57. The Labute approximate surface area is 221 Å². The summed E-state index contributed by atoms with van der Waals surface area (Å²) in [6, 6.07) is 14.2. The largest absolute Gasteiger partial charge is 0.468 e. The molecule has 1 saturated heterocycles. The molecular weight excluding hydrogens is 500 g/mol. The topological polar surface area (TPSA) is 105 Å². The van der Waals surface area contributed by atoms with Crippen LogP contribution in [0, 0.1) is 0 Å². The summed E-state index contributed by atoms with van der Waals surface area (Å²) in [6.45, 7) is 4.02. The molecule has 8 nitrogen and oxygen atoms in total. The highest BCUT2D eigenvalue weighted by Crippen LogP contribution is 2.15. The van der Waals surface area contributed by atoms with Crippen molar-refractivity contribution in [3.8, 4) is 0 Å². The number of hydrogen-bond donors (Lipinski definition) is 2. The van der Waals surface area contributed by atoms with Crippen LogP contribution >= 0.6 is 23.4 Å². The number of nitrogens with zero attached hydrogens (tertiary/aromatic N) is 2. The zero-order chi connectivity index (χ0) is 25.9. The van der Waals surface area contributed by atoms with Crippen LogP contribution in [-0.4, -0.2) is 85.0 Å². The maximum Gasteiger partial charge on any atom is 0.322 e. The van der Waals surface area contributed by atoms with Gasteiger partial charge in [-0.1, -0.05) is 23.7 Å². The van der Waals surface area contributed by atoms with Crippen LogP contribution in [0.25, 0.3) is 0 Å². The van der Waals surface area contributed by atoms with Crippen LogP contribution < -0.4 is 11.1 Å². The molecule has 2 amide bonds. The Morgan fingerprint density at radius 2 is 1.72 bits per heavy atom. The minimum absolute atomic E-state index is 0.00253. The van der Waals surface area contributed by atoms with Crippen LogP contribution in [0.3, 0.4) is 0 Å². The standard InChI is InChI=1S/C26H33ClN4O4S/c1-35-26(34)23(28)11-17-36-18-24(32)29-22-8-4-20(5-9-22)25(33)31-15-13-30(14-16-31)12-10-19-2-6-21(27)7-3-19/h2-9,23H,10-18,28H2,1H3,(H,29,32). The van der Waals surface area contributed by atoms with Gasteiger partial charge in [0.05, 0.1) is 12.9 Å². The van der Waals surface area contributed by atoms with Gasteiger partial charge in [0, 0.05) is 49.0 Å². The second kappa shape index (κ2) is 14.2. The number of ether oxygens (including phenoxy) is 1. The monoisotopic (exact) mass is 532 g/mol. The molecule has 1 aliphatic rings. The van der Waals surface area contributed by atoms with Gasteiger partial charge in [0.2, 0.25) is 5.91 Å². The number of anilines is 1. The first-order valence-electron chi connectivity index (χ1n) is 11.9. The molecule has 0 aromatic heterocycles. The molecule has 0 aliphatic carbocycles. The van der Waals surface area contributed by atoms with E-state index in [1.807, 2.05) is 17.0 Å². The summed E-state index contributed by atoms with van der Waals surface area (Å²) in [6.07, 6.45) is 1.40. The first kappa shape index (κ1) is 28.0. The van der Waals surface area contributed by atoms with E-state index in [2.05, 4.69) is 27.1 Å². The number of piperazine rings is 1. The molecule has 1 fully saturated rings. The maximum atomic E-state index is 12.9. The van der Waals surface area contributed by atoms with Crippen LogP contribution in [-0.2, 0) is 20.7 Å². The van der Waals surface area contributed by atoms with Crippen LogP contribution in [0.4, 0.5) is 5.69 Å².